The molecule has 8 nitrogen and oxygen atoms in total. The van der Waals surface area contributed by atoms with Crippen molar-refractivity contribution in [1.82, 2.24) is 15.5 Å². The van der Waals surface area contributed by atoms with Crippen LogP contribution in [0.2, 0.25) is 0 Å². The molecule has 0 fully saturated rings. The fraction of sp³-hybridized carbons (Fsp3) is 0.690. The Kier molecular flexibility index (Phi) is 13.1. The number of aliphatic hydroxyl groups excluding tert-OH is 1. The van der Waals surface area contributed by atoms with E-state index in [1.807, 2.05) is 45.9 Å². The van der Waals surface area contributed by atoms with Gasteiger partial charge in [-0.25, -0.2) is 4.79 Å². The van der Waals surface area contributed by atoms with E-state index in [0.29, 0.717) is 24.4 Å². The number of alkyl carbamates (subject to hydrolysis) is 1. The van der Waals surface area contributed by atoms with E-state index in [1.54, 1.807) is 20.8 Å². The molecule has 8 heteroatoms. The normalized spacial score (nSPS) is 14.0. The Balaban J connectivity index is 3.54. The predicted molar refractivity (Wildman–Crippen MR) is 147 cm³/mol. The highest BCUT2D eigenvalue weighted by Crippen LogP contribution is 2.29. The minimum absolute atomic E-state index is 0.280. The summed E-state index contributed by atoms with van der Waals surface area (Å²) in [5.41, 5.74) is 1.90. The molecule has 3 N–H and O–H groups in total. The van der Waals surface area contributed by atoms with Crippen molar-refractivity contribution in [3.63, 3.8) is 0 Å². The fourth-order valence-corrected chi connectivity index (χ4v) is 4.22. The lowest BCUT2D eigenvalue weighted by Gasteiger charge is -2.38. The third kappa shape index (κ3) is 11.1. The number of rotatable bonds is 13. The molecule has 0 aliphatic rings. The molecule has 210 valence electrons. The van der Waals surface area contributed by atoms with Crippen LogP contribution in [0.1, 0.15) is 96.9 Å². The number of nitrogens with zero attached hydrogens (tertiary/aromatic N) is 1. The summed E-state index contributed by atoms with van der Waals surface area (Å²) in [6, 6.07) is 3.36. The fourth-order valence-electron chi connectivity index (χ4n) is 4.22. The first-order valence-corrected chi connectivity index (χ1v) is 13.5. The maximum atomic E-state index is 14.0. The summed E-state index contributed by atoms with van der Waals surface area (Å²) in [5, 5.41) is 15.6. The van der Waals surface area contributed by atoms with E-state index in [2.05, 4.69) is 24.5 Å². The Labute approximate surface area is 223 Å². The summed E-state index contributed by atoms with van der Waals surface area (Å²) >= 11 is 0. The van der Waals surface area contributed by atoms with Gasteiger partial charge < -0.3 is 25.4 Å². The number of amides is 3. The molecule has 1 aromatic carbocycles. The average molecular weight is 520 g/mol. The zero-order chi connectivity index (χ0) is 28.3. The number of hydrogen-bond acceptors (Lipinski definition) is 5. The van der Waals surface area contributed by atoms with Gasteiger partial charge in [-0.1, -0.05) is 56.5 Å². The van der Waals surface area contributed by atoms with Crippen molar-refractivity contribution in [3.05, 3.63) is 34.9 Å². The third-order valence-corrected chi connectivity index (χ3v) is 5.98. The van der Waals surface area contributed by atoms with Gasteiger partial charge >= 0.3 is 6.09 Å². The Morgan fingerprint density at radius 2 is 1.62 bits per heavy atom. The van der Waals surface area contributed by atoms with Gasteiger partial charge in [-0.2, -0.15) is 0 Å². The molecule has 0 aromatic heterocycles. The van der Waals surface area contributed by atoms with Crippen LogP contribution in [0.25, 0.3) is 0 Å². The number of unbranched alkanes of at least 4 members (excludes halogenated alkanes) is 1. The van der Waals surface area contributed by atoms with Gasteiger partial charge in [0.25, 0.3) is 0 Å². The summed E-state index contributed by atoms with van der Waals surface area (Å²) in [6.45, 7) is 17.1. The smallest absolute Gasteiger partial charge is 0.408 e. The number of hydrogen-bond donors (Lipinski definition) is 3. The molecule has 0 spiro atoms. The molecular formula is C29H49N3O5. The largest absolute Gasteiger partial charge is 0.444 e. The van der Waals surface area contributed by atoms with Crippen molar-refractivity contribution in [1.29, 1.82) is 0 Å². The first-order chi connectivity index (χ1) is 17.2. The van der Waals surface area contributed by atoms with Crippen molar-refractivity contribution in [2.24, 2.45) is 5.92 Å². The Hall–Kier alpha value is -2.61. The second kappa shape index (κ2) is 15.0. The standard InChI is InChI=1S/C29H49N3O5/c1-10-11-14-30-26(34)25(23-16-20(4)15-21(5)17-23)32(22(6)13-12-19(2)3)27(35)24(18-33)31-28(36)37-29(7,8)9/h15-17,19,22,24-25,33H,10-14,18H2,1-9H3,(H,30,34)(H,31,36). The topological polar surface area (TPSA) is 108 Å². The zero-order valence-electron chi connectivity index (χ0n) is 24.3. The van der Waals surface area contributed by atoms with Crippen molar-refractivity contribution in [2.45, 2.75) is 112 Å². The lowest BCUT2D eigenvalue weighted by molar-refractivity contribution is -0.146. The van der Waals surface area contributed by atoms with Crippen molar-refractivity contribution < 1.29 is 24.2 Å². The number of carbonyl (C=O) groups is 3. The number of benzene rings is 1. The Bertz CT molecular complexity index is 874. The van der Waals surface area contributed by atoms with Crippen LogP contribution in [0.5, 0.6) is 0 Å². The van der Waals surface area contributed by atoms with Crippen molar-refractivity contribution in [3.8, 4) is 0 Å². The zero-order valence-corrected chi connectivity index (χ0v) is 24.3. The minimum Gasteiger partial charge on any atom is -0.444 e. The minimum atomic E-state index is -1.26. The van der Waals surface area contributed by atoms with Crippen LogP contribution < -0.4 is 10.6 Å². The summed E-state index contributed by atoms with van der Waals surface area (Å²) in [7, 11) is 0. The van der Waals surface area contributed by atoms with Gasteiger partial charge in [-0.05, 0) is 72.3 Å². The summed E-state index contributed by atoms with van der Waals surface area (Å²) in [6.07, 6.45) is 2.46. The van der Waals surface area contributed by atoms with E-state index < -0.39 is 36.3 Å². The van der Waals surface area contributed by atoms with Crippen LogP contribution in [0.4, 0.5) is 4.79 Å². The van der Waals surface area contributed by atoms with Gasteiger partial charge in [0, 0.05) is 12.6 Å². The van der Waals surface area contributed by atoms with E-state index in [0.717, 1.165) is 30.4 Å². The quantitative estimate of drug-likeness (QED) is 0.325. The summed E-state index contributed by atoms with van der Waals surface area (Å²) in [5.74, 6) is -0.400. The second-order valence-electron chi connectivity index (χ2n) is 11.4. The lowest BCUT2D eigenvalue weighted by Crippen LogP contribution is -2.56. The van der Waals surface area contributed by atoms with Gasteiger partial charge in [0.2, 0.25) is 11.8 Å². The highest BCUT2D eigenvalue weighted by atomic mass is 16.6. The molecule has 3 amide bonds. The molecule has 0 radical (unpaired) electrons. The van der Waals surface area contributed by atoms with E-state index in [-0.39, 0.29) is 11.9 Å². The summed E-state index contributed by atoms with van der Waals surface area (Å²) in [4.78, 5) is 41.7. The van der Waals surface area contributed by atoms with Gasteiger partial charge in [0.05, 0.1) is 6.61 Å². The van der Waals surface area contributed by atoms with Crippen LogP contribution in [-0.4, -0.2) is 58.8 Å². The van der Waals surface area contributed by atoms with Crippen LogP contribution in [-0.2, 0) is 14.3 Å². The average Bonchev–Trinajstić information content (AvgIpc) is 2.77. The maximum absolute atomic E-state index is 14.0. The van der Waals surface area contributed by atoms with Crippen LogP contribution >= 0.6 is 0 Å². The maximum Gasteiger partial charge on any atom is 0.408 e. The first-order valence-electron chi connectivity index (χ1n) is 13.5. The number of aliphatic hydroxyl groups is 1. The van der Waals surface area contributed by atoms with Crippen LogP contribution in [0.15, 0.2) is 18.2 Å². The Morgan fingerprint density at radius 1 is 1.03 bits per heavy atom. The lowest BCUT2D eigenvalue weighted by atomic mass is 9.95. The third-order valence-electron chi connectivity index (χ3n) is 5.98. The molecular weight excluding hydrogens is 470 g/mol. The highest BCUT2D eigenvalue weighted by molar-refractivity contribution is 5.92. The van der Waals surface area contributed by atoms with Gasteiger partial charge in [-0.15, -0.1) is 0 Å². The Morgan fingerprint density at radius 3 is 2.11 bits per heavy atom. The molecule has 0 bridgehead atoms. The molecule has 3 atom stereocenters. The first kappa shape index (κ1) is 32.4. The SMILES string of the molecule is CCCCNC(=O)C(c1cc(C)cc(C)c1)N(C(=O)C(CO)NC(=O)OC(C)(C)C)C(C)CCC(C)C. The van der Waals surface area contributed by atoms with E-state index >= 15 is 0 Å². The molecule has 1 rings (SSSR count). The summed E-state index contributed by atoms with van der Waals surface area (Å²) < 4.78 is 5.32. The molecule has 3 unspecified atom stereocenters. The molecule has 0 saturated carbocycles. The molecule has 0 aliphatic heterocycles. The number of ether oxygens (including phenoxy) is 1. The molecule has 37 heavy (non-hydrogen) atoms. The van der Waals surface area contributed by atoms with Crippen molar-refractivity contribution >= 4 is 17.9 Å². The van der Waals surface area contributed by atoms with Crippen molar-refractivity contribution in [2.75, 3.05) is 13.2 Å². The molecule has 1 aromatic rings. The van der Waals surface area contributed by atoms with E-state index in [4.69, 9.17) is 4.74 Å². The number of carbonyl (C=O) groups excluding carboxylic acids is 3. The number of nitrogens with one attached hydrogen (secondary N) is 2. The van der Waals surface area contributed by atoms with Gasteiger partial charge in [0.1, 0.15) is 17.7 Å². The van der Waals surface area contributed by atoms with Gasteiger partial charge in [-0.3, -0.25) is 9.59 Å². The molecule has 0 saturated heterocycles. The van der Waals surface area contributed by atoms with Crippen LogP contribution in [0.3, 0.4) is 0 Å². The molecule has 0 heterocycles. The second-order valence-corrected chi connectivity index (χ2v) is 11.4. The highest BCUT2D eigenvalue weighted by Gasteiger charge is 2.38. The number of aryl methyl sites for hydroxylation is 2. The van der Waals surface area contributed by atoms with E-state index in [9.17, 15) is 19.5 Å². The van der Waals surface area contributed by atoms with E-state index in [1.165, 1.54) is 4.90 Å². The van der Waals surface area contributed by atoms with Crippen LogP contribution in [0, 0.1) is 19.8 Å². The molecule has 0 aliphatic carbocycles. The monoisotopic (exact) mass is 519 g/mol. The predicted octanol–water partition coefficient (Wildman–Crippen LogP) is 4.80. The van der Waals surface area contributed by atoms with Gasteiger partial charge in [0.15, 0.2) is 0 Å².